The highest BCUT2D eigenvalue weighted by molar-refractivity contribution is 6.30. The SMILES string of the molecule is CCc1ccc(N2CCO[C@H]2c2ccn(-c3cccc(Cl)c3)c2)cc1. The molecule has 1 saturated heterocycles. The summed E-state index contributed by atoms with van der Waals surface area (Å²) in [6.07, 6.45) is 5.19. The summed E-state index contributed by atoms with van der Waals surface area (Å²) >= 11 is 6.11. The summed E-state index contributed by atoms with van der Waals surface area (Å²) in [5.74, 6) is 0. The first-order valence-corrected chi connectivity index (χ1v) is 9.03. The van der Waals surface area contributed by atoms with Crippen LogP contribution in [0.15, 0.2) is 67.0 Å². The van der Waals surface area contributed by atoms with Gasteiger partial charge in [-0.05, 0) is 48.4 Å². The van der Waals surface area contributed by atoms with Crippen LogP contribution in [0.25, 0.3) is 5.69 Å². The molecule has 0 radical (unpaired) electrons. The van der Waals surface area contributed by atoms with E-state index in [4.69, 9.17) is 16.3 Å². The zero-order chi connectivity index (χ0) is 17.2. The normalized spacial score (nSPS) is 17.2. The van der Waals surface area contributed by atoms with Crippen LogP contribution < -0.4 is 4.90 Å². The number of hydrogen-bond donors (Lipinski definition) is 0. The molecule has 0 saturated carbocycles. The Morgan fingerprint density at radius 2 is 1.92 bits per heavy atom. The third-order valence-corrected chi connectivity index (χ3v) is 4.91. The molecule has 128 valence electrons. The second kappa shape index (κ2) is 6.95. The van der Waals surface area contributed by atoms with Gasteiger partial charge in [0.2, 0.25) is 0 Å². The molecule has 0 spiro atoms. The molecule has 0 aliphatic carbocycles. The van der Waals surface area contributed by atoms with Gasteiger partial charge in [-0.15, -0.1) is 0 Å². The van der Waals surface area contributed by atoms with E-state index in [1.807, 2.05) is 24.3 Å². The largest absolute Gasteiger partial charge is 0.352 e. The lowest BCUT2D eigenvalue weighted by Crippen LogP contribution is -2.22. The maximum Gasteiger partial charge on any atom is 0.158 e. The van der Waals surface area contributed by atoms with Gasteiger partial charge in [0.25, 0.3) is 0 Å². The van der Waals surface area contributed by atoms with Crippen LogP contribution >= 0.6 is 11.6 Å². The summed E-state index contributed by atoms with van der Waals surface area (Å²) < 4.78 is 8.11. The van der Waals surface area contributed by atoms with Crippen molar-refractivity contribution < 1.29 is 4.74 Å². The van der Waals surface area contributed by atoms with Gasteiger partial charge in [0.05, 0.1) is 6.61 Å². The molecule has 25 heavy (non-hydrogen) atoms. The van der Waals surface area contributed by atoms with E-state index < -0.39 is 0 Å². The van der Waals surface area contributed by atoms with Gasteiger partial charge < -0.3 is 14.2 Å². The van der Waals surface area contributed by atoms with E-state index in [0.717, 1.165) is 35.8 Å². The first-order valence-electron chi connectivity index (χ1n) is 8.65. The van der Waals surface area contributed by atoms with Gasteiger partial charge in [-0.1, -0.05) is 36.7 Å². The average Bonchev–Trinajstić information content (AvgIpc) is 3.31. The topological polar surface area (TPSA) is 17.4 Å². The second-order valence-electron chi connectivity index (χ2n) is 6.27. The molecule has 4 heteroatoms. The van der Waals surface area contributed by atoms with Crippen molar-refractivity contribution in [3.63, 3.8) is 0 Å². The fourth-order valence-corrected chi connectivity index (χ4v) is 3.47. The number of nitrogens with zero attached hydrogens (tertiary/aromatic N) is 2. The first-order chi connectivity index (χ1) is 12.2. The molecular formula is C21H21ClN2O. The highest BCUT2D eigenvalue weighted by Gasteiger charge is 2.27. The number of anilines is 1. The van der Waals surface area contributed by atoms with Crippen LogP contribution in [0.4, 0.5) is 5.69 Å². The molecule has 3 aromatic rings. The van der Waals surface area contributed by atoms with E-state index in [2.05, 4.69) is 59.1 Å². The lowest BCUT2D eigenvalue weighted by molar-refractivity contribution is 0.114. The van der Waals surface area contributed by atoms with Gasteiger partial charge in [-0.3, -0.25) is 0 Å². The summed E-state index contributed by atoms with van der Waals surface area (Å²) in [7, 11) is 0. The van der Waals surface area contributed by atoms with Crippen LogP contribution in [0, 0.1) is 0 Å². The van der Waals surface area contributed by atoms with Crippen molar-refractivity contribution in [3.05, 3.63) is 83.1 Å². The van der Waals surface area contributed by atoms with Gasteiger partial charge in [-0.2, -0.15) is 0 Å². The molecule has 0 bridgehead atoms. The van der Waals surface area contributed by atoms with Gasteiger partial charge in [-0.25, -0.2) is 0 Å². The highest BCUT2D eigenvalue weighted by atomic mass is 35.5. The minimum Gasteiger partial charge on any atom is -0.352 e. The lowest BCUT2D eigenvalue weighted by atomic mass is 10.1. The maximum absolute atomic E-state index is 6.11. The van der Waals surface area contributed by atoms with Gasteiger partial charge in [0.15, 0.2) is 6.23 Å². The van der Waals surface area contributed by atoms with Crippen LogP contribution in [-0.4, -0.2) is 17.7 Å². The third kappa shape index (κ3) is 3.30. The van der Waals surface area contributed by atoms with Crippen LogP contribution in [0.5, 0.6) is 0 Å². The molecule has 1 aliphatic rings. The number of rotatable bonds is 4. The summed E-state index contributed by atoms with van der Waals surface area (Å²) in [6, 6.07) is 18.7. The number of hydrogen-bond acceptors (Lipinski definition) is 2. The molecule has 1 aliphatic heterocycles. The Labute approximate surface area is 153 Å². The molecule has 2 heterocycles. The Hall–Kier alpha value is -2.23. The average molecular weight is 353 g/mol. The van der Waals surface area contributed by atoms with Crippen LogP contribution in [0.1, 0.15) is 24.3 Å². The number of aromatic nitrogens is 1. The fraction of sp³-hybridized carbons (Fsp3) is 0.238. The second-order valence-corrected chi connectivity index (χ2v) is 6.70. The van der Waals surface area contributed by atoms with Crippen molar-refractivity contribution in [1.29, 1.82) is 0 Å². The number of aryl methyl sites for hydroxylation is 1. The molecule has 1 fully saturated rings. The molecule has 3 nitrogen and oxygen atoms in total. The van der Waals surface area contributed by atoms with Crippen molar-refractivity contribution in [1.82, 2.24) is 4.57 Å². The van der Waals surface area contributed by atoms with E-state index >= 15 is 0 Å². The Bertz CT molecular complexity index is 856. The van der Waals surface area contributed by atoms with Crippen LogP contribution in [0.3, 0.4) is 0 Å². The molecule has 0 N–H and O–H groups in total. The minimum absolute atomic E-state index is 0.0482. The lowest BCUT2D eigenvalue weighted by Gasteiger charge is -2.24. The fourth-order valence-electron chi connectivity index (χ4n) is 3.29. The zero-order valence-electron chi connectivity index (χ0n) is 14.2. The molecule has 1 atom stereocenters. The molecule has 2 aromatic carbocycles. The predicted molar refractivity (Wildman–Crippen MR) is 103 cm³/mol. The number of halogens is 1. The van der Waals surface area contributed by atoms with Crippen molar-refractivity contribution >= 4 is 17.3 Å². The third-order valence-electron chi connectivity index (χ3n) is 4.67. The van der Waals surface area contributed by atoms with Crippen molar-refractivity contribution in [2.24, 2.45) is 0 Å². The smallest absolute Gasteiger partial charge is 0.158 e. The van der Waals surface area contributed by atoms with E-state index in [0.29, 0.717) is 0 Å². The summed E-state index contributed by atoms with van der Waals surface area (Å²) in [4.78, 5) is 2.32. The Morgan fingerprint density at radius 1 is 1.08 bits per heavy atom. The van der Waals surface area contributed by atoms with Gasteiger partial charge in [0.1, 0.15) is 0 Å². The van der Waals surface area contributed by atoms with Crippen molar-refractivity contribution in [2.45, 2.75) is 19.6 Å². The van der Waals surface area contributed by atoms with Crippen molar-refractivity contribution in [3.8, 4) is 5.69 Å². The monoisotopic (exact) mass is 352 g/mol. The molecule has 1 aromatic heterocycles. The first kappa shape index (κ1) is 16.2. The Morgan fingerprint density at radius 3 is 2.68 bits per heavy atom. The summed E-state index contributed by atoms with van der Waals surface area (Å²) in [5, 5.41) is 0.738. The highest BCUT2D eigenvalue weighted by Crippen LogP contribution is 2.33. The van der Waals surface area contributed by atoms with Crippen LogP contribution in [-0.2, 0) is 11.2 Å². The summed E-state index contributed by atoms with van der Waals surface area (Å²) in [6.45, 7) is 3.82. The number of ether oxygens (including phenoxy) is 1. The quantitative estimate of drug-likeness (QED) is 0.639. The van der Waals surface area contributed by atoms with E-state index in [9.17, 15) is 0 Å². The summed E-state index contributed by atoms with van der Waals surface area (Å²) in [5.41, 5.74) is 4.76. The standard InChI is InChI=1S/C21H21ClN2O/c1-2-16-6-8-19(9-7-16)24-12-13-25-21(24)17-10-11-23(15-17)20-5-3-4-18(22)14-20/h3-11,14-15,21H,2,12-13H2,1H3/t21-/m0/s1. The molecule has 0 unspecified atom stereocenters. The molecule has 0 amide bonds. The van der Waals surface area contributed by atoms with E-state index in [-0.39, 0.29) is 6.23 Å². The predicted octanol–water partition coefficient (Wildman–Crippen LogP) is 5.23. The maximum atomic E-state index is 6.11. The van der Waals surface area contributed by atoms with Gasteiger partial charge in [0, 0.05) is 40.9 Å². The van der Waals surface area contributed by atoms with Crippen molar-refractivity contribution in [2.75, 3.05) is 18.1 Å². The van der Waals surface area contributed by atoms with E-state index in [1.165, 1.54) is 11.3 Å². The minimum atomic E-state index is -0.0482. The Balaban J connectivity index is 1.60. The molecule has 4 rings (SSSR count). The zero-order valence-corrected chi connectivity index (χ0v) is 15.0. The Kier molecular flexibility index (Phi) is 4.51. The van der Waals surface area contributed by atoms with Gasteiger partial charge >= 0.3 is 0 Å². The number of benzene rings is 2. The molecular weight excluding hydrogens is 332 g/mol. The van der Waals surface area contributed by atoms with Crippen LogP contribution in [0.2, 0.25) is 5.02 Å². The van der Waals surface area contributed by atoms with E-state index in [1.54, 1.807) is 0 Å².